The molecule has 28 heavy (non-hydrogen) atoms. The van der Waals surface area contributed by atoms with Gasteiger partial charge in [-0.3, -0.25) is 4.79 Å². The van der Waals surface area contributed by atoms with Crippen LogP contribution in [0, 0.1) is 0 Å². The summed E-state index contributed by atoms with van der Waals surface area (Å²) < 4.78 is 7.19. The van der Waals surface area contributed by atoms with Crippen molar-refractivity contribution < 1.29 is 9.53 Å². The van der Waals surface area contributed by atoms with Crippen molar-refractivity contribution in [3.8, 4) is 5.75 Å². The highest BCUT2D eigenvalue weighted by Crippen LogP contribution is 2.25. The molecule has 0 saturated carbocycles. The Kier molecular flexibility index (Phi) is 6.20. The number of amides is 1. The standard InChI is InChI=1S/C20H23N5O2S/c1-24(2)15-7-5-14(6-8-15)12-21-23-19(26)13-28-20-22-17-11-16(27-4)9-10-18(17)25(20)3/h5-12H,13H2,1-4H3,(H,23,26)/b21-12-. The van der Waals surface area contributed by atoms with Crippen molar-refractivity contribution in [1.29, 1.82) is 0 Å². The van der Waals surface area contributed by atoms with Gasteiger partial charge < -0.3 is 14.2 Å². The molecule has 0 bridgehead atoms. The van der Waals surface area contributed by atoms with Crippen LogP contribution in [0.2, 0.25) is 0 Å². The van der Waals surface area contributed by atoms with E-state index >= 15 is 0 Å². The molecule has 0 aliphatic rings. The number of carbonyl (C=O) groups is 1. The minimum Gasteiger partial charge on any atom is -0.497 e. The molecule has 3 rings (SSSR count). The number of aryl methyl sites for hydroxylation is 1. The first-order valence-corrected chi connectivity index (χ1v) is 9.69. The van der Waals surface area contributed by atoms with Crippen LogP contribution in [0.5, 0.6) is 5.75 Å². The largest absolute Gasteiger partial charge is 0.497 e. The second-order valence-electron chi connectivity index (χ2n) is 6.38. The molecule has 1 aromatic heterocycles. The molecule has 0 fully saturated rings. The topological polar surface area (TPSA) is 71.8 Å². The molecule has 0 aliphatic carbocycles. The van der Waals surface area contributed by atoms with Gasteiger partial charge in [-0.05, 0) is 29.8 Å². The number of rotatable bonds is 7. The molecule has 3 aromatic rings. The van der Waals surface area contributed by atoms with Crippen LogP contribution in [0.4, 0.5) is 5.69 Å². The van der Waals surface area contributed by atoms with Crippen molar-refractivity contribution in [2.24, 2.45) is 12.1 Å². The van der Waals surface area contributed by atoms with Gasteiger partial charge in [0.1, 0.15) is 5.75 Å². The molecular weight excluding hydrogens is 374 g/mol. The number of aromatic nitrogens is 2. The number of thioether (sulfide) groups is 1. The monoisotopic (exact) mass is 397 g/mol. The van der Waals surface area contributed by atoms with E-state index in [0.29, 0.717) is 0 Å². The van der Waals surface area contributed by atoms with E-state index in [1.54, 1.807) is 13.3 Å². The highest BCUT2D eigenvalue weighted by molar-refractivity contribution is 7.99. The van der Waals surface area contributed by atoms with Crippen molar-refractivity contribution in [3.63, 3.8) is 0 Å². The van der Waals surface area contributed by atoms with Crippen LogP contribution in [0.25, 0.3) is 11.0 Å². The lowest BCUT2D eigenvalue weighted by atomic mass is 10.2. The second kappa shape index (κ2) is 8.79. The van der Waals surface area contributed by atoms with E-state index in [-0.39, 0.29) is 11.7 Å². The van der Waals surface area contributed by atoms with Crippen LogP contribution in [0.15, 0.2) is 52.7 Å². The highest BCUT2D eigenvalue weighted by Gasteiger charge is 2.11. The van der Waals surface area contributed by atoms with Crippen LogP contribution in [-0.4, -0.2) is 48.6 Å². The van der Waals surface area contributed by atoms with Gasteiger partial charge in [-0.2, -0.15) is 5.10 Å². The van der Waals surface area contributed by atoms with Crippen LogP contribution in [-0.2, 0) is 11.8 Å². The molecule has 0 saturated heterocycles. The minimum absolute atomic E-state index is 0.184. The molecule has 0 spiro atoms. The molecule has 1 heterocycles. The fourth-order valence-corrected chi connectivity index (χ4v) is 3.39. The second-order valence-corrected chi connectivity index (χ2v) is 7.32. The Morgan fingerprint density at radius 3 is 2.71 bits per heavy atom. The molecular formula is C20H23N5O2S. The third-order valence-electron chi connectivity index (χ3n) is 4.19. The summed E-state index contributed by atoms with van der Waals surface area (Å²) in [6.07, 6.45) is 1.63. The Morgan fingerprint density at radius 1 is 1.29 bits per heavy atom. The maximum Gasteiger partial charge on any atom is 0.250 e. The van der Waals surface area contributed by atoms with Crippen molar-refractivity contribution in [2.75, 3.05) is 31.9 Å². The fraction of sp³-hybridized carbons (Fsp3) is 0.250. The van der Waals surface area contributed by atoms with Gasteiger partial charge in [0.15, 0.2) is 5.16 Å². The molecule has 7 nitrogen and oxygen atoms in total. The number of ether oxygens (including phenoxy) is 1. The van der Waals surface area contributed by atoms with Gasteiger partial charge in [-0.25, -0.2) is 10.4 Å². The SMILES string of the molecule is COc1ccc2c(c1)nc(SCC(=O)N/N=C\c1ccc(N(C)C)cc1)n2C. The number of nitrogens with one attached hydrogen (secondary N) is 1. The zero-order valence-corrected chi connectivity index (χ0v) is 17.2. The van der Waals surface area contributed by atoms with E-state index in [0.717, 1.165) is 33.2 Å². The molecule has 1 amide bonds. The molecule has 1 N–H and O–H groups in total. The summed E-state index contributed by atoms with van der Waals surface area (Å²) in [4.78, 5) is 18.7. The molecule has 2 aromatic carbocycles. The quantitative estimate of drug-likeness (QED) is 0.377. The molecule has 0 aliphatic heterocycles. The minimum atomic E-state index is -0.184. The number of imidazole rings is 1. The number of hydrogen-bond donors (Lipinski definition) is 1. The molecule has 8 heteroatoms. The van der Waals surface area contributed by atoms with Crippen LogP contribution in [0.3, 0.4) is 0 Å². The maximum absolute atomic E-state index is 12.1. The summed E-state index contributed by atoms with van der Waals surface area (Å²) in [6.45, 7) is 0. The number of nitrogens with zero attached hydrogens (tertiary/aromatic N) is 4. The third kappa shape index (κ3) is 4.64. The average molecular weight is 398 g/mol. The van der Waals surface area contributed by atoms with Gasteiger partial charge in [-0.15, -0.1) is 0 Å². The fourth-order valence-electron chi connectivity index (χ4n) is 2.61. The Hall–Kier alpha value is -3.00. The number of methoxy groups -OCH3 is 1. The van der Waals surface area contributed by atoms with Gasteiger partial charge in [0.05, 0.1) is 30.1 Å². The Labute approximate surface area is 168 Å². The summed E-state index contributed by atoms with van der Waals surface area (Å²) in [5.41, 5.74) is 6.41. The first kappa shape index (κ1) is 19.8. The van der Waals surface area contributed by atoms with E-state index in [4.69, 9.17) is 4.74 Å². The number of carbonyl (C=O) groups excluding carboxylic acids is 1. The van der Waals surface area contributed by atoms with Crippen molar-refractivity contribution in [3.05, 3.63) is 48.0 Å². The first-order chi connectivity index (χ1) is 13.5. The van der Waals surface area contributed by atoms with Gasteiger partial charge in [0, 0.05) is 32.9 Å². The number of anilines is 1. The lowest BCUT2D eigenvalue weighted by molar-refractivity contribution is -0.118. The lowest BCUT2D eigenvalue weighted by Crippen LogP contribution is -2.19. The summed E-state index contributed by atoms with van der Waals surface area (Å²) >= 11 is 1.37. The number of benzene rings is 2. The zero-order chi connectivity index (χ0) is 20.1. The number of hydrazone groups is 1. The summed E-state index contributed by atoms with van der Waals surface area (Å²) in [5.74, 6) is 0.800. The molecule has 0 unspecified atom stereocenters. The highest BCUT2D eigenvalue weighted by atomic mass is 32.2. The molecule has 0 atom stereocenters. The van der Waals surface area contributed by atoms with Crippen LogP contribution >= 0.6 is 11.8 Å². The van der Waals surface area contributed by atoms with E-state index < -0.39 is 0 Å². The summed E-state index contributed by atoms with van der Waals surface area (Å²) in [7, 11) is 7.53. The smallest absolute Gasteiger partial charge is 0.250 e. The first-order valence-electron chi connectivity index (χ1n) is 8.70. The molecule has 0 radical (unpaired) electrons. The summed E-state index contributed by atoms with van der Waals surface area (Å²) in [5, 5.41) is 4.79. The predicted molar refractivity (Wildman–Crippen MR) is 114 cm³/mol. The third-order valence-corrected chi connectivity index (χ3v) is 5.22. The van der Waals surface area contributed by atoms with Gasteiger partial charge in [0.25, 0.3) is 5.91 Å². The van der Waals surface area contributed by atoms with Crippen molar-refractivity contribution in [2.45, 2.75) is 5.16 Å². The Bertz CT molecular complexity index is 996. The zero-order valence-electron chi connectivity index (χ0n) is 16.3. The van der Waals surface area contributed by atoms with Crippen molar-refractivity contribution in [1.82, 2.24) is 15.0 Å². The van der Waals surface area contributed by atoms with Crippen molar-refractivity contribution >= 4 is 40.6 Å². The Balaban J connectivity index is 1.55. The van der Waals surface area contributed by atoms with Crippen LogP contribution < -0.4 is 15.1 Å². The maximum atomic E-state index is 12.1. The predicted octanol–water partition coefficient (Wildman–Crippen LogP) is 2.89. The average Bonchev–Trinajstić information content (AvgIpc) is 3.01. The number of hydrogen-bond acceptors (Lipinski definition) is 6. The molecule has 146 valence electrons. The summed E-state index contributed by atoms with van der Waals surface area (Å²) in [6, 6.07) is 13.6. The number of fused-ring (bicyclic) bond motifs is 1. The van der Waals surface area contributed by atoms with E-state index in [1.165, 1.54) is 11.8 Å². The van der Waals surface area contributed by atoms with Gasteiger partial charge in [0.2, 0.25) is 0 Å². The lowest BCUT2D eigenvalue weighted by Gasteiger charge is -2.11. The van der Waals surface area contributed by atoms with E-state index in [9.17, 15) is 4.79 Å². The van der Waals surface area contributed by atoms with E-state index in [1.807, 2.05) is 73.1 Å². The van der Waals surface area contributed by atoms with E-state index in [2.05, 4.69) is 15.5 Å². The van der Waals surface area contributed by atoms with Crippen LogP contribution in [0.1, 0.15) is 5.56 Å². The normalized spacial score (nSPS) is 11.1. The van der Waals surface area contributed by atoms with Gasteiger partial charge >= 0.3 is 0 Å². The Morgan fingerprint density at radius 2 is 2.04 bits per heavy atom. The van der Waals surface area contributed by atoms with Gasteiger partial charge in [-0.1, -0.05) is 23.9 Å².